The molecule has 5 heteroatoms. The van der Waals surface area contributed by atoms with E-state index in [1.807, 2.05) is 18.2 Å². The van der Waals surface area contributed by atoms with Crippen molar-refractivity contribution >= 4 is 23.2 Å². The van der Waals surface area contributed by atoms with E-state index in [4.69, 9.17) is 5.73 Å². The molecule has 0 saturated heterocycles. The average molecular weight is 303 g/mol. The fourth-order valence-electron chi connectivity index (χ4n) is 2.77. The van der Waals surface area contributed by atoms with Crippen molar-refractivity contribution in [2.75, 3.05) is 17.2 Å². The Balaban J connectivity index is 1.90. The molecule has 120 valence electrons. The minimum absolute atomic E-state index is 0.0544. The van der Waals surface area contributed by atoms with Crippen LogP contribution in [-0.2, 0) is 9.59 Å². The van der Waals surface area contributed by atoms with Gasteiger partial charge in [-0.05, 0) is 44.0 Å². The summed E-state index contributed by atoms with van der Waals surface area (Å²) in [7, 11) is 0. The van der Waals surface area contributed by atoms with E-state index in [0.29, 0.717) is 25.1 Å². The van der Waals surface area contributed by atoms with Gasteiger partial charge in [-0.2, -0.15) is 0 Å². The molecule has 2 rings (SSSR count). The van der Waals surface area contributed by atoms with Gasteiger partial charge in [-0.15, -0.1) is 0 Å². The zero-order valence-electron chi connectivity index (χ0n) is 12.9. The van der Waals surface area contributed by atoms with Crippen molar-refractivity contribution in [2.45, 2.75) is 44.9 Å². The summed E-state index contributed by atoms with van der Waals surface area (Å²) < 4.78 is 0. The van der Waals surface area contributed by atoms with Crippen molar-refractivity contribution in [1.29, 1.82) is 0 Å². The van der Waals surface area contributed by atoms with Crippen LogP contribution in [0.15, 0.2) is 24.3 Å². The Morgan fingerprint density at radius 3 is 2.45 bits per heavy atom. The Hall–Kier alpha value is -1.88. The Morgan fingerprint density at radius 1 is 1.09 bits per heavy atom. The van der Waals surface area contributed by atoms with Crippen LogP contribution in [0.3, 0.4) is 0 Å². The molecule has 0 atom stereocenters. The molecule has 1 aliphatic rings. The monoisotopic (exact) mass is 303 g/mol. The summed E-state index contributed by atoms with van der Waals surface area (Å²) >= 11 is 0. The number of anilines is 2. The number of hydrogen-bond acceptors (Lipinski definition) is 3. The lowest BCUT2D eigenvalue weighted by Crippen LogP contribution is -2.24. The zero-order valence-corrected chi connectivity index (χ0v) is 12.9. The quantitative estimate of drug-likeness (QED) is 0.755. The van der Waals surface area contributed by atoms with Crippen molar-refractivity contribution in [1.82, 2.24) is 0 Å². The highest BCUT2D eigenvalue weighted by Gasteiger charge is 2.21. The van der Waals surface area contributed by atoms with Crippen LogP contribution >= 0.6 is 0 Å². The molecule has 1 aromatic carbocycles. The number of carbonyl (C=O) groups is 2. The van der Waals surface area contributed by atoms with Crippen molar-refractivity contribution < 1.29 is 9.59 Å². The van der Waals surface area contributed by atoms with Gasteiger partial charge in [0.2, 0.25) is 11.8 Å². The van der Waals surface area contributed by atoms with E-state index < -0.39 is 0 Å². The van der Waals surface area contributed by atoms with Gasteiger partial charge < -0.3 is 16.4 Å². The fraction of sp³-hybridized carbons (Fsp3) is 0.529. The molecule has 1 aromatic rings. The zero-order chi connectivity index (χ0) is 15.8. The topological polar surface area (TPSA) is 84.2 Å². The van der Waals surface area contributed by atoms with E-state index in [1.54, 1.807) is 6.07 Å². The molecule has 0 heterocycles. The van der Waals surface area contributed by atoms with Gasteiger partial charge in [0.25, 0.3) is 0 Å². The molecule has 1 fully saturated rings. The largest absolute Gasteiger partial charge is 0.330 e. The number of benzene rings is 1. The second kappa shape index (κ2) is 8.54. The summed E-state index contributed by atoms with van der Waals surface area (Å²) in [6, 6.07) is 7.28. The van der Waals surface area contributed by atoms with Gasteiger partial charge >= 0.3 is 0 Å². The van der Waals surface area contributed by atoms with Gasteiger partial charge in [-0.1, -0.05) is 25.3 Å². The van der Waals surface area contributed by atoms with Crippen molar-refractivity contribution in [3.63, 3.8) is 0 Å². The molecule has 5 nitrogen and oxygen atoms in total. The first kappa shape index (κ1) is 16.5. The molecule has 1 saturated carbocycles. The number of hydrogen-bond donors (Lipinski definition) is 3. The lowest BCUT2D eigenvalue weighted by molar-refractivity contribution is -0.120. The Morgan fingerprint density at radius 2 is 1.77 bits per heavy atom. The minimum Gasteiger partial charge on any atom is -0.330 e. The lowest BCUT2D eigenvalue weighted by atomic mass is 9.88. The normalized spacial score (nSPS) is 15.3. The van der Waals surface area contributed by atoms with Gasteiger partial charge in [0.15, 0.2) is 0 Å². The Labute approximate surface area is 131 Å². The standard InChI is InChI=1S/C17H25N3O2/c18-11-5-10-16(21)19-14-8-4-9-15(12-14)20-17(22)13-6-2-1-3-7-13/h4,8-9,12-13H,1-3,5-7,10-11,18H2,(H,19,21)(H,20,22). The van der Waals surface area contributed by atoms with E-state index in [2.05, 4.69) is 10.6 Å². The van der Waals surface area contributed by atoms with Crippen LogP contribution in [0.25, 0.3) is 0 Å². The maximum atomic E-state index is 12.2. The van der Waals surface area contributed by atoms with E-state index in [-0.39, 0.29) is 17.7 Å². The third-order valence-electron chi connectivity index (χ3n) is 4.00. The predicted octanol–water partition coefficient (Wildman–Crippen LogP) is 2.88. The molecule has 4 N–H and O–H groups in total. The number of rotatable bonds is 6. The van der Waals surface area contributed by atoms with Gasteiger partial charge in [-0.3, -0.25) is 9.59 Å². The van der Waals surface area contributed by atoms with Crippen LogP contribution in [0.4, 0.5) is 11.4 Å². The van der Waals surface area contributed by atoms with Crippen LogP contribution in [0.5, 0.6) is 0 Å². The highest BCUT2D eigenvalue weighted by Crippen LogP contribution is 2.25. The van der Waals surface area contributed by atoms with Crippen LogP contribution in [0, 0.1) is 5.92 Å². The summed E-state index contributed by atoms with van der Waals surface area (Å²) in [6.07, 6.45) is 6.53. The van der Waals surface area contributed by atoms with E-state index in [1.165, 1.54) is 6.42 Å². The molecular weight excluding hydrogens is 278 g/mol. The summed E-state index contributed by atoms with van der Waals surface area (Å²) in [6.45, 7) is 0.505. The van der Waals surface area contributed by atoms with Crippen molar-refractivity contribution in [3.8, 4) is 0 Å². The molecule has 0 radical (unpaired) electrons. The van der Waals surface area contributed by atoms with Crippen LogP contribution < -0.4 is 16.4 Å². The van der Waals surface area contributed by atoms with Crippen LogP contribution in [0.2, 0.25) is 0 Å². The minimum atomic E-state index is -0.0544. The second-order valence-corrected chi connectivity index (χ2v) is 5.85. The predicted molar refractivity (Wildman–Crippen MR) is 88.6 cm³/mol. The maximum absolute atomic E-state index is 12.2. The smallest absolute Gasteiger partial charge is 0.227 e. The number of carbonyl (C=O) groups excluding carboxylic acids is 2. The van der Waals surface area contributed by atoms with Gasteiger partial charge in [0.05, 0.1) is 0 Å². The molecule has 22 heavy (non-hydrogen) atoms. The van der Waals surface area contributed by atoms with E-state index in [9.17, 15) is 9.59 Å². The first-order chi connectivity index (χ1) is 10.7. The Bertz CT molecular complexity index is 510. The number of nitrogens with one attached hydrogen (secondary N) is 2. The van der Waals surface area contributed by atoms with Gasteiger partial charge in [-0.25, -0.2) is 0 Å². The highest BCUT2D eigenvalue weighted by molar-refractivity contribution is 5.95. The SMILES string of the molecule is NCCCC(=O)Nc1cccc(NC(=O)C2CCCCC2)c1. The highest BCUT2D eigenvalue weighted by atomic mass is 16.2. The first-order valence-electron chi connectivity index (χ1n) is 8.10. The third kappa shape index (κ3) is 5.15. The van der Waals surface area contributed by atoms with Crippen molar-refractivity contribution in [3.05, 3.63) is 24.3 Å². The number of nitrogens with two attached hydrogens (primary N) is 1. The molecule has 0 aliphatic heterocycles. The third-order valence-corrected chi connectivity index (χ3v) is 4.00. The summed E-state index contributed by atoms with van der Waals surface area (Å²) in [5.41, 5.74) is 6.82. The number of amides is 2. The lowest BCUT2D eigenvalue weighted by Gasteiger charge is -2.20. The fourth-order valence-corrected chi connectivity index (χ4v) is 2.77. The van der Waals surface area contributed by atoms with Crippen molar-refractivity contribution in [2.24, 2.45) is 11.7 Å². The molecule has 2 amide bonds. The maximum Gasteiger partial charge on any atom is 0.227 e. The summed E-state index contributed by atoms with van der Waals surface area (Å²) in [5, 5.41) is 5.78. The second-order valence-electron chi connectivity index (χ2n) is 5.85. The first-order valence-corrected chi connectivity index (χ1v) is 8.10. The van der Waals surface area contributed by atoms with Crippen LogP contribution in [-0.4, -0.2) is 18.4 Å². The van der Waals surface area contributed by atoms with Crippen LogP contribution in [0.1, 0.15) is 44.9 Å². The van der Waals surface area contributed by atoms with Gasteiger partial charge in [0, 0.05) is 23.7 Å². The molecular formula is C17H25N3O2. The molecule has 0 unspecified atom stereocenters. The molecule has 0 spiro atoms. The molecule has 0 aromatic heterocycles. The summed E-state index contributed by atoms with van der Waals surface area (Å²) in [5.74, 6) is 0.157. The molecule has 0 bridgehead atoms. The van der Waals surface area contributed by atoms with E-state index in [0.717, 1.165) is 31.4 Å². The van der Waals surface area contributed by atoms with E-state index >= 15 is 0 Å². The van der Waals surface area contributed by atoms with Gasteiger partial charge in [0.1, 0.15) is 0 Å². The average Bonchev–Trinajstić information content (AvgIpc) is 2.54. The molecule has 1 aliphatic carbocycles. The Kier molecular flexibility index (Phi) is 6.40. The summed E-state index contributed by atoms with van der Waals surface area (Å²) in [4.78, 5) is 23.9.